The molecule has 6 nitrogen and oxygen atoms in total. The third-order valence-electron chi connectivity index (χ3n) is 2.97. The maximum absolute atomic E-state index is 13.9. The smallest absolute Gasteiger partial charge is 0.272 e. The van der Waals surface area contributed by atoms with Gasteiger partial charge in [0.25, 0.3) is 5.69 Å². The third kappa shape index (κ3) is 3.18. The normalized spacial score (nSPS) is 19.5. The molecule has 0 aliphatic carbocycles. The van der Waals surface area contributed by atoms with E-state index in [4.69, 9.17) is 9.47 Å². The number of nitrogens with zero attached hydrogens (tertiary/aromatic N) is 2. The number of rotatable bonds is 4. The number of benzene rings is 1. The van der Waals surface area contributed by atoms with Gasteiger partial charge in [-0.2, -0.15) is 0 Å². The van der Waals surface area contributed by atoms with Crippen LogP contribution in [0, 0.1) is 15.9 Å². The average molecular weight is 270 g/mol. The molecule has 1 aliphatic heterocycles. The van der Waals surface area contributed by atoms with Crippen LogP contribution in [0.2, 0.25) is 0 Å². The highest BCUT2D eigenvalue weighted by molar-refractivity contribution is 5.52. The van der Waals surface area contributed by atoms with Crippen molar-refractivity contribution in [1.29, 1.82) is 0 Å². The van der Waals surface area contributed by atoms with Crippen LogP contribution in [0.5, 0.6) is 0 Å². The number of hydrogen-bond donors (Lipinski definition) is 0. The minimum atomic E-state index is -0.611. The van der Waals surface area contributed by atoms with Gasteiger partial charge in [0.05, 0.1) is 36.0 Å². The molecule has 2 rings (SSSR count). The number of anilines is 1. The van der Waals surface area contributed by atoms with Crippen LogP contribution < -0.4 is 4.90 Å². The lowest BCUT2D eigenvalue weighted by molar-refractivity contribution is -0.385. The van der Waals surface area contributed by atoms with Crippen molar-refractivity contribution >= 4 is 11.4 Å². The number of ether oxygens (including phenoxy) is 2. The second-order valence-electron chi connectivity index (χ2n) is 4.29. The topological polar surface area (TPSA) is 64.8 Å². The highest BCUT2D eigenvalue weighted by Gasteiger charge is 2.23. The molecule has 1 atom stereocenters. The zero-order chi connectivity index (χ0) is 13.8. The van der Waals surface area contributed by atoms with Crippen LogP contribution in [0.1, 0.15) is 0 Å². The molecule has 0 amide bonds. The largest absolute Gasteiger partial charge is 0.382 e. The number of non-ortho nitro benzene ring substituents is 1. The predicted molar refractivity (Wildman–Crippen MR) is 66.9 cm³/mol. The van der Waals surface area contributed by atoms with Crippen LogP contribution in [-0.4, -0.2) is 44.4 Å². The molecule has 0 spiro atoms. The quantitative estimate of drug-likeness (QED) is 0.614. The molecule has 19 heavy (non-hydrogen) atoms. The Bertz CT molecular complexity index is 467. The summed E-state index contributed by atoms with van der Waals surface area (Å²) in [6.07, 6.45) is -0.117. The summed E-state index contributed by atoms with van der Waals surface area (Å²) in [5, 5.41) is 10.6. The molecule has 1 aromatic rings. The van der Waals surface area contributed by atoms with Gasteiger partial charge in [-0.1, -0.05) is 0 Å². The van der Waals surface area contributed by atoms with Gasteiger partial charge in [-0.15, -0.1) is 0 Å². The molecule has 7 heteroatoms. The molecule has 1 aliphatic rings. The first-order chi connectivity index (χ1) is 9.11. The van der Waals surface area contributed by atoms with E-state index < -0.39 is 10.7 Å². The van der Waals surface area contributed by atoms with Crippen molar-refractivity contribution in [2.24, 2.45) is 0 Å². The SMILES string of the molecule is COC[C@@H]1CN(c2ccc([N+](=O)[O-])cc2F)CCO1. The monoisotopic (exact) mass is 270 g/mol. The number of halogens is 1. The van der Waals surface area contributed by atoms with E-state index in [1.807, 2.05) is 4.90 Å². The Morgan fingerprint density at radius 2 is 2.42 bits per heavy atom. The van der Waals surface area contributed by atoms with Gasteiger partial charge in [-0.05, 0) is 6.07 Å². The lowest BCUT2D eigenvalue weighted by Gasteiger charge is -2.34. The zero-order valence-corrected chi connectivity index (χ0v) is 10.5. The van der Waals surface area contributed by atoms with Crippen LogP contribution in [0.25, 0.3) is 0 Å². The van der Waals surface area contributed by atoms with Crippen molar-refractivity contribution in [3.63, 3.8) is 0 Å². The summed E-state index contributed by atoms with van der Waals surface area (Å²) in [6, 6.07) is 3.68. The van der Waals surface area contributed by atoms with Crippen molar-refractivity contribution < 1.29 is 18.8 Å². The Kier molecular flexibility index (Phi) is 4.28. The molecule has 1 heterocycles. The summed E-state index contributed by atoms with van der Waals surface area (Å²) in [7, 11) is 1.58. The van der Waals surface area contributed by atoms with E-state index in [1.54, 1.807) is 7.11 Å². The van der Waals surface area contributed by atoms with E-state index >= 15 is 0 Å². The number of nitro groups is 1. The van der Waals surface area contributed by atoms with Gasteiger partial charge in [-0.3, -0.25) is 10.1 Å². The summed E-state index contributed by atoms with van der Waals surface area (Å²) in [5.41, 5.74) is 0.109. The maximum Gasteiger partial charge on any atom is 0.272 e. The number of hydrogen-bond acceptors (Lipinski definition) is 5. The van der Waals surface area contributed by atoms with E-state index in [2.05, 4.69) is 0 Å². The van der Waals surface area contributed by atoms with Gasteiger partial charge in [0.15, 0.2) is 5.82 Å². The van der Waals surface area contributed by atoms with Crippen molar-refractivity contribution in [1.82, 2.24) is 0 Å². The molecule has 1 aromatic carbocycles. The van der Waals surface area contributed by atoms with Gasteiger partial charge < -0.3 is 14.4 Å². The highest BCUT2D eigenvalue weighted by Crippen LogP contribution is 2.25. The predicted octanol–water partition coefficient (Wildman–Crippen LogP) is 1.59. The van der Waals surface area contributed by atoms with E-state index in [0.717, 1.165) is 6.07 Å². The average Bonchev–Trinajstić information content (AvgIpc) is 2.39. The number of morpholine rings is 1. The molecule has 0 unspecified atom stereocenters. The number of methoxy groups -OCH3 is 1. The third-order valence-corrected chi connectivity index (χ3v) is 2.97. The van der Waals surface area contributed by atoms with E-state index in [-0.39, 0.29) is 11.8 Å². The van der Waals surface area contributed by atoms with Crippen LogP contribution >= 0.6 is 0 Å². The van der Waals surface area contributed by atoms with Gasteiger partial charge in [0.2, 0.25) is 0 Å². The summed E-state index contributed by atoms with van der Waals surface area (Å²) >= 11 is 0. The fourth-order valence-corrected chi connectivity index (χ4v) is 2.09. The molecule has 104 valence electrons. The van der Waals surface area contributed by atoms with Crippen molar-refractivity contribution in [2.75, 3.05) is 38.3 Å². The van der Waals surface area contributed by atoms with Gasteiger partial charge in [0.1, 0.15) is 0 Å². The Balaban J connectivity index is 2.15. The Morgan fingerprint density at radius 1 is 1.63 bits per heavy atom. The zero-order valence-electron chi connectivity index (χ0n) is 10.5. The minimum absolute atomic E-state index is 0.117. The molecule has 0 radical (unpaired) electrons. The molecule has 0 aromatic heterocycles. The first-order valence-electron chi connectivity index (χ1n) is 5.91. The molecule has 0 saturated carbocycles. The first-order valence-corrected chi connectivity index (χ1v) is 5.91. The second-order valence-corrected chi connectivity index (χ2v) is 4.29. The summed E-state index contributed by atoms with van der Waals surface area (Å²) in [6.45, 7) is 1.97. The molecule has 1 saturated heterocycles. The first kappa shape index (κ1) is 13.7. The summed E-state index contributed by atoms with van der Waals surface area (Å²) in [4.78, 5) is 11.8. The highest BCUT2D eigenvalue weighted by atomic mass is 19.1. The lowest BCUT2D eigenvalue weighted by Crippen LogP contribution is -2.44. The van der Waals surface area contributed by atoms with Gasteiger partial charge >= 0.3 is 0 Å². The fraction of sp³-hybridized carbons (Fsp3) is 0.500. The molecular formula is C12H15FN2O4. The molecular weight excluding hydrogens is 255 g/mol. The van der Waals surface area contributed by atoms with Gasteiger partial charge in [-0.25, -0.2) is 4.39 Å². The van der Waals surface area contributed by atoms with Crippen LogP contribution in [0.4, 0.5) is 15.8 Å². The second kappa shape index (κ2) is 5.94. The molecule has 0 N–H and O–H groups in total. The van der Waals surface area contributed by atoms with Gasteiger partial charge in [0, 0.05) is 26.3 Å². The standard InChI is InChI=1S/C12H15FN2O4/c1-18-8-10-7-14(4-5-19-10)12-3-2-9(15(16)17)6-11(12)13/h2-3,6,10H,4-5,7-8H2,1H3/t10-/m0/s1. The van der Waals surface area contributed by atoms with Crippen LogP contribution in [0.3, 0.4) is 0 Å². The summed E-state index contributed by atoms with van der Waals surface area (Å²) in [5.74, 6) is -0.590. The van der Waals surface area contributed by atoms with Crippen LogP contribution in [-0.2, 0) is 9.47 Å². The van der Waals surface area contributed by atoms with Crippen LogP contribution in [0.15, 0.2) is 18.2 Å². The minimum Gasteiger partial charge on any atom is -0.382 e. The van der Waals surface area contributed by atoms with Crippen molar-refractivity contribution in [3.8, 4) is 0 Å². The molecule has 1 fully saturated rings. The number of nitro benzene ring substituents is 1. The van der Waals surface area contributed by atoms with E-state index in [1.165, 1.54) is 12.1 Å². The van der Waals surface area contributed by atoms with Crippen molar-refractivity contribution in [3.05, 3.63) is 34.1 Å². The Labute approximate surface area is 109 Å². The van der Waals surface area contributed by atoms with E-state index in [9.17, 15) is 14.5 Å². The lowest BCUT2D eigenvalue weighted by atomic mass is 10.2. The van der Waals surface area contributed by atoms with Crippen molar-refractivity contribution in [2.45, 2.75) is 6.10 Å². The Hall–Kier alpha value is -1.73. The fourth-order valence-electron chi connectivity index (χ4n) is 2.09. The summed E-state index contributed by atoms with van der Waals surface area (Å²) < 4.78 is 24.4. The Morgan fingerprint density at radius 3 is 3.05 bits per heavy atom. The molecule has 0 bridgehead atoms. The maximum atomic E-state index is 13.9. The van der Waals surface area contributed by atoms with E-state index in [0.29, 0.717) is 32.0 Å².